The van der Waals surface area contributed by atoms with Crippen LogP contribution in [0.3, 0.4) is 0 Å². The molecule has 1 saturated carbocycles. The summed E-state index contributed by atoms with van der Waals surface area (Å²) in [5.74, 6) is -4.38. The topological polar surface area (TPSA) is 126 Å². The number of amides is 1. The third kappa shape index (κ3) is 4.99. The Labute approximate surface area is 225 Å². The summed E-state index contributed by atoms with van der Waals surface area (Å²) in [4.78, 5) is 16.0. The molecule has 4 aromatic rings. The first-order valence-electron chi connectivity index (χ1n) is 11.8. The number of hydrogen-bond acceptors (Lipinski definition) is 6. The average Bonchev–Trinajstić information content (AvgIpc) is 3.57. The zero-order valence-corrected chi connectivity index (χ0v) is 21.9. The molecule has 2 heterocycles. The van der Waals surface area contributed by atoms with Gasteiger partial charge in [-0.15, -0.1) is 0 Å². The van der Waals surface area contributed by atoms with E-state index >= 15 is 8.78 Å². The number of rotatable bonds is 7. The number of halogens is 4. The van der Waals surface area contributed by atoms with Gasteiger partial charge in [0, 0.05) is 23.2 Å². The van der Waals surface area contributed by atoms with E-state index in [0.717, 1.165) is 56.1 Å². The van der Waals surface area contributed by atoms with E-state index in [0.29, 0.717) is 0 Å². The Kier molecular flexibility index (Phi) is 7.12. The maximum absolute atomic E-state index is 15.6. The Morgan fingerprint density at radius 2 is 1.87 bits per heavy atom. The second kappa shape index (κ2) is 10.4. The van der Waals surface area contributed by atoms with Crippen LogP contribution in [0.4, 0.5) is 18.9 Å². The molecule has 9 nitrogen and oxygen atoms in total. The molecule has 0 spiro atoms. The number of hydrogen-bond donors (Lipinski definition) is 3. The van der Waals surface area contributed by atoms with Crippen molar-refractivity contribution in [3.05, 3.63) is 64.7 Å². The predicted octanol–water partition coefficient (Wildman–Crippen LogP) is 5.18. The molecule has 14 heteroatoms. The lowest BCUT2D eigenvalue weighted by atomic mass is 10.0. The molecule has 2 aromatic carbocycles. The molecule has 204 valence electrons. The van der Waals surface area contributed by atoms with Crippen molar-refractivity contribution in [3.63, 3.8) is 0 Å². The zero-order valence-electron chi connectivity index (χ0n) is 20.3. The Morgan fingerprint density at radius 3 is 2.59 bits per heavy atom. The highest BCUT2D eigenvalue weighted by Gasteiger charge is 2.28. The third-order valence-corrected chi connectivity index (χ3v) is 8.02. The number of nitrogens with zero attached hydrogens (tertiary/aromatic N) is 2. The minimum Gasteiger partial charge on any atom is -0.480 e. The molecule has 0 radical (unpaired) electrons. The van der Waals surface area contributed by atoms with Crippen LogP contribution in [0.25, 0.3) is 22.0 Å². The molecule has 5 rings (SSSR count). The summed E-state index contributed by atoms with van der Waals surface area (Å²) in [6.07, 6.45) is 4.84. The van der Waals surface area contributed by atoms with E-state index in [2.05, 4.69) is 20.5 Å². The van der Waals surface area contributed by atoms with Crippen LogP contribution in [0.1, 0.15) is 36.2 Å². The van der Waals surface area contributed by atoms with Gasteiger partial charge in [0.25, 0.3) is 15.9 Å². The maximum atomic E-state index is 15.6. The van der Waals surface area contributed by atoms with Crippen molar-refractivity contribution in [2.75, 3.05) is 11.8 Å². The molecule has 39 heavy (non-hydrogen) atoms. The molecule has 1 amide bonds. The number of carbonyl (C=O) groups excluding carboxylic acids is 1. The van der Waals surface area contributed by atoms with Gasteiger partial charge >= 0.3 is 0 Å². The van der Waals surface area contributed by atoms with Crippen molar-refractivity contribution in [1.29, 1.82) is 0 Å². The number of anilines is 1. The number of benzene rings is 2. The minimum atomic E-state index is -4.51. The van der Waals surface area contributed by atoms with Crippen LogP contribution >= 0.6 is 11.6 Å². The lowest BCUT2D eigenvalue weighted by molar-refractivity contribution is 0.0934. The van der Waals surface area contributed by atoms with Crippen molar-refractivity contribution >= 4 is 44.1 Å². The summed E-state index contributed by atoms with van der Waals surface area (Å²) in [6.45, 7) is 0. The van der Waals surface area contributed by atoms with Gasteiger partial charge in [0.1, 0.15) is 11.3 Å². The number of H-pyrrole nitrogens is 1. The molecule has 1 aliphatic rings. The summed E-state index contributed by atoms with van der Waals surface area (Å²) >= 11 is 5.86. The van der Waals surface area contributed by atoms with Gasteiger partial charge in [-0.25, -0.2) is 26.6 Å². The second-order valence-electron chi connectivity index (χ2n) is 8.93. The van der Waals surface area contributed by atoms with Crippen molar-refractivity contribution in [1.82, 2.24) is 20.5 Å². The van der Waals surface area contributed by atoms with Crippen molar-refractivity contribution < 1.29 is 31.1 Å². The fourth-order valence-corrected chi connectivity index (χ4v) is 6.00. The number of ether oxygens (including phenoxy) is 1. The number of aromatic nitrogens is 3. The molecular weight excluding hydrogens is 559 g/mol. The van der Waals surface area contributed by atoms with Crippen molar-refractivity contribution in [2.45, 2.75) is 36.6 Å². The molecule has 0 bridgehead atoms. The highest BCUT2D eigenvalue weighted by molar-refractivity contribution is 7.92. The quantitative estimate of drug-likeness (QED) is 0.277. The van der Waals surface area contributed by atoms with Gasteiger partial charge in [-0.3, -0.25) is 14.6 Å². The van der Waals surface area contributed by atoms with Gasteiger partial charge in [0.05, 0.1) is 23.4 Å². The van der Waals surface area contributed by atoms with Crippen LogP contribution in [0, 0.1) is 17.5 Å². The summed E-state index contributed by atoms with van der Waals surface area (Å²) in [6, 6.07) is 5.12. The maximum Gasteiger partial charge on any atom is 0.272 e. The van der Waals surface area contributed by atoms with E-state index in [9.17, 15) is 17.6 Å². The molecule has 2 aromatic heterocycles. The van der Waals surface area contributed by atoms with E-state index in [4.69, 9.17) is 16.3 Å². The van der Waals surface area contributed by atoms with Gasteiger partial charge in [-0.1, -0.05) is 30.5 Å². The molecule has 3 N–H and O–H groups in total. The van der Waals surface area contributed by atoms with Gasteiger partial charge in [-0.05, 0) is 37.1 Å². The van der Waals surface area contributed by atoms with Crippen LogP contribution in [0.2, 0.25) is 5.02 Å². The first kappa shape index (κ1) is 26.8. The van der Waals surface area contributed by atoms with Gasteiger partial charge in [0.15, 0.2) is 22.2 Å². The summed E-state index contributed by atoms with van der Waals surface area (Å²) < 4.78 is 78.9. The highest BCUT2D eigenvalue weighted by Crippen LogP contribution is 2.36. The molecule has 1 fully saturated rings. The number of nitrogens with one attached hydrogen (secondary N) is 3. The summed E-state index contributed by atoms with van der Waals surface area (Å²) in [5, 5.41) is 9.31. The minimum absolute atomic E-state index is 0.00532. The number of fused-ring (bicyclic) bond motifs is 1. The smallest absolute Gasteiger partial charge is 0.272 e. The van der Waals surface area contributed by atoms with E-state index < -0.39 is 55.1 Å². The first-order chi connectivity index (χ1) is 18.6. The largest absolute Gasteiger partial charge is 0.480 e. The number of pyridine rings is 1. The molecule has 0 aliphatic heterocycles. The fourth-order valence-electron chi connectivity index (χ4n) is 4.58. The Morgan fingerprint density at radius 1 is 1.13 bits per heavy atom. The van der Waals surface area contributed by atoms with Crippen LogP contribution in [-0.2, 0) is 10.0 Å². The molecule has 0 saturated heterocycles. The molecule has 0 unspecified atom stereocenters. The Balaban J connectivity index is 1.52. The van der Waals surface area contributed by atoms with Crippen LogP contribution in [0.15, 0.2) is 41.4 Å². The van der Waals surface area contributed by atoms with Crippen molar-refractivity contribution in [2.24, 2.45) is 0 Å². The van der Waals surface area contributed by atoms with Crippen LogP contribution in [-0.4, -0.2) is 42.7 Å². The zero-order chi connectivity index (χ0) is 27.9. The first-order valence-corrected chi connectivity index (χ1v) is 13.6. The summed E-state index contributed by atoms with van der Waals surface area (Å²) in [5.41, 5.74) is -2.27. The monoisotopic (exact) mass is 579 g/mol. The van der Waals surface area contributed by atoms with Gasteiger partial charge in [0.2, 0.25) is 5.88 Å². The highest BCUT2D eigenvalue weighted by atomic mass is 35.5. The van der Waals surface area contributed by atoms with Gasteiger partial charge < -0.3 is 10.1 Å². The average molecular weight is 580 g/mol. The van der Waals surface area contributed by atoms with Crippen LogP contribution in [0.5, 0.6) is 5.88 Å². The Bertz CT molecular complexity index is 1710. The number of methoxy groups -OCH3 is 1. The fraction of sp³-hybridized carbons (Fsp3) is 0.240. The molecular formula is C25H21ClF3N5O4S. The van der Waals surface area contributed by atoms with E-state index in [1.54, 1.807) is 0 Å². The normalized spacial score (nSPS) is 14.1. The summed E-state index contributed by atoms with van der Waals surface area (Å²) in [7, 11) is -3.33. The SMILES string of the molecule is COc1ncc(Cl)cc1S(=O)(=O)Nc1ccc(F)c(-c2ccc3c(C(=O)NC4CCCC4)n[nH]c3c2F)c1F. The predicted molar refractivity (Wildman–Crippen MR) is 138 cm³/mol. The molecule has 0 atom stereocenters. The number of sulfonamides is 1. The van der Waals surface area contributed by atoms with E-state index in [1.807, 2.05) is 4.72 Å². The lowest BCUT2D eigenvalue weighted by Crippen LogP contribution is -2.32. The van der Waals surface area contributed by atoms with Crippen molar-refractivity contribution in [3.8, 4) is 17.0 Å². The van der Waals surface area contributed by atoms with Crippen LogP contribution < -0.4 is 14.8 Å². The number of aromatic amines is 1. The lowest BCUT2D eigenvalue weighted by Gasteiger charge is -2.14. The number of carbonyl (C=O) groups is 1. The Hall–Kier alpha value is -3.84. The van der Waals surface area contributed by atoms with Gasteiger partial charge in [-0.2, -0.15) is 5.10 Å². The van der Waals surface area contributed by atoms with E-state index in [-0.39, 0.29) is 33.5 Å². The second-order valence-corrected chi connectivity index (χ2v) is 11.0. The standard InChI is InChI=1S/C25H21ClF3N5O4S/c1-38-25-18(10-12(26)11-30-25)39(36,37)34-17-9-8-16(27)19(21(17)29)14-6-7-15-22(20(14)28)32-33-23(15)24(35)31-13-4-2-3-5-13/h6-11,13,34H,2-5H2,1H3,(H,31,35)(H,32,33). The molecule has 1 aliphatic carbocycles. The third-order valence-electron chi connectivity index (χ3n) is 6.45. The van der Waals surface area contributed by atoms with E-state index in [1.165, 1.54) is 13.2 Å².